The molecule has 4 nitrogen and oxygen atoms in total. The Balaban J connectivity index is 2.63. The van der Waals surface area contributed by atoms with Crippen LogP contribution in [0.1, 0.15) is 22.6 Å². The third kappa shape index (κ3) is 2.74. The van der Waals surface area contributed by atoms with Gasteiger partial charge in [-0.25, -0.2) is 9.97 Å². The number of aromatic nitrogens is 2. The monoisotopic (exact) mass is 258 g/mol. The van der Waals surface area contributed by atoms with Crippen molar-refractivity contribution in [3.05, 3.63) is 40.8 Å². The van der Waals surface area contributed by atoms with Crippen molar-refractivity contribution >= 4 is 0 Å². The number of nitrogens with zero attached hydrogens (tertiary/aromatic N) is 2. The number of aryl methyl sites for hydroxylation is 3. The molecule has 1 aromatic carbocycles. The number of aliphatic hydroxyl groups is 1. The van der Waals surface area contributed by atoms with Gasteiger partial charge >= 0.3 is 0 Å². The molecule has 0 spiro atoms. The average Bonchev–Trinajstić information content (AvgIpc) is 2.40. The molecule has 0 amide bonds. The summed E-state index contributed by atoms with van der Waals surface area (Å²) < 4.78 is 5.43. The lowest BCUT2D eigenvalue weighted by atomic mass is 10.0. The van der Waals surface area contributed by atoms with Crippen LogP contribution in [-0.4, -0.2) is 22.2 Å². The Morgan fingerprint density at radius 1 is 1.05 bits per heavy atom. The van der Waals surface area contributed by atoms with Gasteiger partial charge in [-0.3, -0.25) is 0 Å². The molecule has 1 N–H and O–H groups in total. The Hall–Kier alpha value is -1.94. The number of benzene rings is 1. The minimum Gasteiger partial charge on any atom is -0.496 e. The Labute approximate surface area is 113 Å². The van der Waals surface area contributed by atoms with Crippen LogP contribution in [0.25, 0.3) is 11.3 Å². The predicted molar refractivity (Wildman–Crippen MR) is 74.2 cm³/mol. The number of methoxy groups -OCH3 is 1. The summed E-state index contributed by atoms with van der Waals surface area (Å²) in [4.78, 5) is 8.53. The standard InChI is InChI=1S/C15H18N2O2/c1-9-5-12(14(19-4)6-10(9)2)13-7-11(3)16-15(8-18)17-13/h5-7,18H,8H2,1-4H3. The zero-order chi connectivity index (χ0) is 14.0. The van der Waals surface area contributed by atoms with Gasteiger partial charge in [-0.05, 0) is 50.1 Å². The molecule has 0 unspecified atom stereocenters. The fourth-order valence-corrected chi connectivity index (χ4v) is 2.00. The fourth-order valence-electron chi connectivity index (χ4n) is 2.00. The number of aliphatic hydroxyl groups excluding tert-OH is 1. The van der Waals surface area contributed by atoms with Gasteiger partial charge in [-0.1, -0.05) is 0 Å². The molecule has 0 radical (unpaired) electrons. The molecule has 1 aromatic heterocycles. The van der Waals surface area contributed by atoms with Crippen LogP contribution >= 0.6 is 0 Å². The van der Waals surface area contributed by atoms with Gasteiger partial charge in [0.05, 0.1) is 12.8 Å². The van der Waals surface area contributed by atoms with Gasteiger partial charge in [0, 0.05) is 11.3 Å². The lowest BCUT2D eigenvalue weighted by Crippen LogP contribution is -2.00. The highest BCUT2D eigenvalue weighted by Gasteiger charge is 2.11. The van der Waals surface area contributed by atoms with Gasteiger partial charge < -0.3 is 9.84 Å². The maximum absolute atomic E-state index is 9.20. The lowest BCUT2D eigenvalue weighted by molar-refractivity contribution is 0.271. The average molecular weight is 258 g/mol. The highest BCUT2D eigenvalue weighted by atomic mass is 16.5. The van der Waals surface area contributed by atoms with E-state index in [0.717, 1.165) is 22.7 Å². The first-order valence-corrected chi connectivity index (χ1v) is 6.16. The molecule has 19 heavy (non-hydrogen) atoms. The van der Waals surface area contributed by atoms with Crippen LogP contribution in [-0.2, 0) is 6.61 Å². The molecule has 0 atom stereocenters. The van der Waals surface area contributed by atoms with E-state index in [1.54, 1.807) is 7.11 Å². The van der Waals surface area contributed by atoms with Crippen LogP contribution in [0.4, 0.5) is 0 Å². The van der Waals surface area contributed by atoms with E-state index in [-0.39, 0.29) is 6.61 Å². The van der Waals surface area contributed by atoms with E-state index in [9.17, 15) is 5.11 Å². The van der Waals surface area contributed by atoms with Gasteiger partial charge in [0.15, 0.2) is 5.82 Å². The number of ether oxygens (including phenoxy) is 1. The van der Waals surface area contributed by atoms with E-state index in [2.05, 4.69) is 23.0 Å². The smallest absolute Gasteiger partial charge is 0.154 e. The molecule has 0 bridgehead atoms. The minimum atomic E-state index is -0.165. The topological polar surface area (TPSA) is 55.2 Å². The summed E-state index contributed by atoms with van der Waals surface area (Å²) in [5.74, 6) is 1.21. The highest BCUT2D eigenvalue weighted by Crippen LogP contribution is 2.31. The zero-order valence-electron chi connectivity index (χ0n) is 11.7. The molecule has 100 valence electrons. The minimum absolute atomic E-state index is 0.165. The first-order valence-electron chi connectivity index (χ1n) is 6.16. The summed E-state index contributed by atoms with van der Waals surface area (Å²) >= 11 is 0. The van der Waals surface area contributed by atoms with Gasteiger partial charge in [0.1, 0.15) is 12.4 Å². The van der Waals surface area contributed by atoms with Crippen molar-refractivity contribution in [2.45, 2.75) is 27.4 Å². The number of rotatable bonds is 3. The van der Waals surface area contributed by atoms with E-state index in [0.29, 0.717) is 5.82 Å². The van der Waals surface area contributed by atoms with E-state index in [1.165, 1.54) is 11.1 Å². The van der Waals surface area contributed by atoms with Crippen LogP contribution in [0.5, 0.6) is 5.75 Å². The maximum Gasteiger partial charge on any atom is 0.154 e. The molecule has 4 heteroatoms. The van der Waals surface area contributed by atoms with Crippen molar-refractivity contribution in [1.29, 1.82) is 0 Å². The van der Waals surface area contributed by atoms with E-state index in [1.807, 2.05) is 26.0 Å². The Kier molecular flexibility index (Phi) is 3.81. The summed E-state index contributed by atoms with van der Waals surface area (Å²) in [5, 5.41) is 9.20. The van der Waals surface area contributed by atoms with Gasteiger partial charge in [-0.2, -0.15) is 0 Å². The molecular formula is C15H18N2O2. The normalized spacial score (nSPS) is 10.6. The Bertz CT molecular complexity index is 609. The second kappa shape index (κ2) is 5.36. The van der Waals surface area contributed by atoms with Crippen LogP contribution in [0.15, 0.2) is 18.2 Å². The van der Waals surface area contributed by atoms with Crippen LogP contribution in [0.2, 0.25) is 0 Å². The van der Waals surface area contributed by atoms with Crippen molar-refractivity contribution in [1.82, 2.24) is 9.97 Å². The summed E-state index contributed by atoms with van der Waals surface area (Å²) in [6, 6.07) is 5.95. The Morgan fingerprint density at radius 2 is 1.74 bits per heavy atom. The third-order valence-electron chi connectivity index (χ3n) is 3.13. The molecule has 0 saturated heterocycles. The third-order valence-corrected chi connectivity index (χ3v) is 3.13. The van der Waals surface area contributed by atoms with Gasteiger partial charge in [0.25, 0.3) is 0 Å². The van der Waals surface area contributed by atoms with Crippen molar-refractivity contribution in [3.8, 4) is 17.0 Å². The van der Waals surface area contributed by atoms with E-state index < -0.39 is 0 Å². The van der Waals surface area contributed by atoms with Crippen molar-refractivity contribution in [3.63, 3.8) is 0 Å². The maximum atomic E-state index is 9.20. The molecular weight excluding hydrogens is 240 g/mol. The summed E-state index contributed by atoms with van der Waals surface area (Å²) in [5.41, 5.74) is 4.88. The number of hydrogen-bond donors (Lipinski definition) is 1. The molecule has 0 aliphatic carbocycles. The van der Waals surface area contributed by atoms with Crippen LogP contribution in [0, 0.1) is 20.8 Å². The molecule has 2 aromatic rings. The molecule has 1 heterocycles. The highest BCUT2D eigenvalue weighted by molar-refractivity contribution is 5.69. The molecule has 2 rings (SSSR count). The predicted octanol–water partition coefficient (Wildman–Crippen LogP) is 2.57. The number of hydrogen-bond acceptors (Lipinski definition) is 4. The molecule has 0 aliphatic rings. The second-order valence-electron chi connectivity index (χ2n) is 4.61. The molecule has 0 aliphatic heterocycles. The van der Waals surface area contributed by atoms with Crippen molar-refractivity contribution in [2.24, 2.45) is 0 Å². The Morgan fingerprint density at radius 3 is 2.37 bits per heavy atom. The first-order chi connectivity index (χ1) is 9.05. The fraction of sp³-hybridized carbons (Fsp3) is 0.333. The summed E-state index contributed by atoms with van der Waals surface area (Å²) in [7, 11) is 1.65. The SMILES string of the molecule is COc1cc(C)c(C)cc1-c1cc(C)nc(CO)n1. The summed E-state index contributed by atoms with van der Waals surface area (Å²) in [6.45, 7) is 5.82. The van der Waals surface area contributed by atoms with E-state index in [4.69, 9.17) is 4.74 Å². The van der Waals surface area contributed by atoms with Gasteiger partial charge in [0.2, 0.25) is 0 Å². The quantitative estimate of drug-likeness (QED) is 0.919. The second-order valence-corrected chi connectivity index (χ2v) is 4.61. The van der Waals surface area contributed by atoms with E-state index >= 15 is 0 Å². The van der Waals surface area contributed by atoms with Crippen LogP contribution < -0.4 is 4.74 Å². The summed E-state index contributed by atoms with van der Waals surface area (Å²) in [6.07, 6.45) is 0. The first kappa shape index (κ1) is 13.5. The van der Waals surface area contributed by atoms with Gasteiger partial charge in [-0.15, -0.1) is 0 Å². The van der Waals surface area contributed by atoms with Crippen LogP contribution in [0.3, 0.4) is 0 Å². The zero-order valence-corrected chi connectivity index (χ0v) is 11.7. The lowest BCUT2D eigenvalue weighted by Gasteiger charge is -2.12. The largest absolute Gasteiger partial charge is 0.496 e. The van der Waals surface area contributed by atoms with Crippen molar-refractivity contribution < 1.29 is 9.84 Å². The van der Waals surface area contributed by atoms with Crippen molar-refractivity contribution in [2.75, 3.05) is 7.11 Å². The molecule has 0 fully saturated rings. The molecule has 0 saturated carbocycles.